The van der Waals surface area contributed by atoms with Crippen molar-refractivity contribution >= 4 is 11.7 Å². The Balaban J connectivity index is 1.70. The summed E-state index contributed by atoms with van der Waals surface area (Å²) >= 11 is 0. The Morgan fingerprint density at radius 3 is 2.36 bits per heavy atom. The molecule has 0 aliphatic rings. The Hall–Kier alpha value is -2.33. The van der Waals surface area contributed by atoms with E-state index in [2.05, 4.69) is 54.1 Å². The van der Waals surface area contributed by atoms with E-state index in [1.165, 1.54) is 43.2 Å². The van der Waals surface area contributed by atoms with Crippen LogP contribution in [0.4, 0.5) is 10.5 Å². The van der Waals surface area contributed by atoms with Crippen molar-refractivity contribution in [2.24, 2.45) is 0 Å². The van der Waals surface area contributed by atoms with Gasteiger partial charge >= 0.3 is 6.03 Å². The van der Waals surface area contributed by atoms with Crippen LogP contribution in [-0.4, -0.2) is 25.7 Å². The van der Waals surface area contributed by atoms with Crippen molar-refractivity contribution in [1.29, 1.82) is 0 Å². The molecule has 4 nitrogen and oxygen atoms in total. The molecular formula is C24H35N3O. The zero-order valence-corrected chi connectivity index (χ0v) is 17.3. The minimum atomic E-state index is -0.166. The molecule has 0 aliphatic carbocycles. The van der Waals surface area contributed by atoms with Crippen LogP contribution in [0.2, 0.25) is 0 Å². The van der Waals surface area contributed by atoms with Crippen LogP contribution >= 0.6 is 0 Å². The largest absolute Gasteiger partial charge is 0.337 e. The number of anilines is 1. The van der Waals surface area contributed by atoms with Gasteiger partial charge in [-0.05, 0) is 48.4 Å². The molecule has 2 rings (SSSR count). The molecule has 1 atom stereocenters. The predicted molar refractivity (Wildman–Crippen MR) is 119 cm³/mol. The maximum absolute atomic E-state index is 11.9. The zero-order chi connectivity index (χ0) is 20.0. The number of aryl methyl sites for hydroxylation is 1. The third-order valence-electron chi connectivity index (χ3n) is 4.92. The van der Waals surface area contributed by atoms with E-state index in [0.29, 0.717) is 12.5 Å². The van der Waals surface area contributed by atoms with Crippen molar-refractivity contribution in [2.45, 2.75) is 51.9 Å². The normalized spacial score (nSPS) is 11.8. The smallest absolute Gasteiger partial charge is 0.319 e. The quantitative estimate of drug-likeness (QED) is 0.436. The average Bonchev–Trinajstić information content (AvgIpc) is 2.72. The number of carbonyl (C=O) groups excluding carboxylic acids is 1. The van der Waals surface area contributed by atoms with Crippen LogP contribution < -0.4 is 16.0 Å². The van der Waals surface area contributed by atoms with E-state index < -0.39 is 0 Å². The fourth-order valence-corrected chi connectivity index (χ4v) is 3.31. The number of para-hydroxylation sites is 1. The number of benzene rings is 2. The monoisotopic (exact) mass is 381 g/mol. The van der Waals surface area contributed by atoms with Gasteiger partial charge in [0.2, 0.25) is 0 Å². The van der Waals surface area contributed by atoms with Crippen LogP contribution in [0.15, 0.2) is 54.6 Å². The average molecular weight is 382 g/mol. The number of hydrogen-bond acceptors (Lipinski definition) is 2. The fourth-order valence-electron chi connectivity index (χ4n) is 3.31. The van der Waals surface area contributed by atoms with Gasteiger partial charge in [0.25, 0.3) is 0 Å². The predicted octanol–water partition coefficient (Wildman–Crippen LogP) is 5.32. The summed E-state index contributed by atoms with van der Waals surface area (Å²) in [5, 5.41) is 9.22. The summed E-state index contributed by atoms with van der Waals surface area (Å²) in [5.74, 6) is 0.517. The summed E-state index contributed by atoms with van der Waals surface area (Å²) in [7, 11) is 0. The summed E-state index contributed by atoms with van der Waals surface area (Å²) in [6.07, 6.45) is 6.00. The van der Waals surface area contributed by atoms with Gasteiger partial charge in [-0.15, -0.1) is 0 Å². The first-order valence-corrected chi connectivity index (χ1v) is 10.6. The molecule has 152 valence electrons. The highest BCUT2D eigenvalue weighted by Gasteiger charge is 2.10. The molecular weight excluding hydrogens is 346 g/mol. The van der Waals surface area contributed by atoms with E-state index in [0.717, 1.165) is 18.8 Å². The molecule has 1 unspecified atom stereocenters. The van der Waals surface area contributed by atoms with Gasteiger partial charge in [0.1, 0.15) is 0 Å². The van der Waals surface area contributed by atoms with Crippen molar-refractivity contribution in [3.05, 3.63) is 65.7 Å². The van der Waals surface area contributed by atoms with Crippen molar-refractivity contribution < 1.29 is 4.79 Å². The Bertz CT molecular complexity index is 670. The van der Waals surface area contributed by atoms with E-state index in [1.807, 2.05) is 30.3 Å². The van der Waals surface area contributed by atoms with Gasteiger partial charge in [0, 0.05) is 25.3 Å². The summed E-state index contributed by atoms with van der Waals surface area (Å²) in [5.41, 5.74) is 3.64. The van der Waals surface area contributed by atoms with Gasteiger partial charge in [0.05, 0.1) is 0 Å². The molecule has 0 aliphatic heterocycles. The lowest BCUT2D eigenvalue weighted by molar-refractivity contribution is 0.252. The van der Waals surface area contributed by atoms with Crippen molar-refractivity contribution in [3.8, 4) is 0 Å². The van der Waals surface area contributed by atoms with Crippen molar-refractivity contribution in [1.82, 2.24) is 10.6 Å². The highest BCUT2D eigenvalue weighted by atomic mass is 16.2. The molecule has 0 radical (unpaired) electrons. The molecule has 0 bridgehead atoms. The lowest BCUT2D eigenvalue weighted by Crippen LogP contribution is -2.35. The van der Waals surface area contributed by atoms with E-state index in [-0.39, 0.29) is 6.03 Å². The van der Waals surface area contributed by atoms with E-state index in [9.17, 15) is 4.79 Å². The van der Waals surface area contributed by atoms with Crippen LogP contribution in [-0.2, 0) is 6.42 Å². The maximum Gasteiger partial charge on any atom is 0.319 e. The van der Waals surface area contributed by atoms with E-state index in [1.54, 1.807) is 0 Å². The second-order valence-electron chi connectivity index (χ2n) is 7.28. The number of carbonyl (C=O) groups is 1. The first-order chi connectivity index (χ1) is 13.7. The molecule has 2 aromatic rings. The summed E-state index contributed by atoms with van der Waals surface area (Å²) in [4.78, 5) is 11.9. The lowest BCUT2D eigenvalue weighted by Gasteiger charge is -2.18. The minimum Gasteiger partial charge on any atom is -0.337 e. The number of amides is 2. The van der Waals surface area contributed by atoms with Gasteiger partial charge in [-0.25, -0.2) is 4.79 Å². The van der Waals surface area contributed by atoms with Crippen LogP contribution in [0.5, 0.6) is 0 Å². The Kier molecular flexibility index (Phi) is 10.2. The fraction of sp³-hybridized carbons (Fsp3) is 0.458. The van der Waals surface area contributed by atoms with Gasteiger partial charge in [-0.3, -0.25) is 0 Å². The highest BCUT2D eigenvalue weighted by molar-refractivity contribution is 5.89. The van der Waals surface area contributed by atoms with Crippen molar-refractivity contribution in [3.63, 3.8) is 0 Å². The molecule has 4 heteroatoms. The Morgan fingerprint density at radius 2 is 1.68 bits per heavy atom. The summed E-state index contributed by atoms with van der Waals surface area (Å²) in [6.45, 7) is 6.77. The van der Waals surface area contributed by atoms with Crippen LogP contribution in [0, 0.1) is 0 Å². The first-order valence-electron chi connectivity index (χ1n) is 10.6. The summed E-state index contributed by atoms with van der Waals surface area (Å²) in [6, 6.07) is 18.5. The second-order valence-corrected chi connectivity index (χ2v) is 7.28. The van der Waals surface area contributed by atoms with Crippen LogP contribution in [0.25, 0.3) is 0 Å². The first kappa shape index (κ1) is 22.0. The zero-order valence-electron chi connectivity index (χ0n) is 17.3. The summed E-state index contributed by atoms with van der Waals surface area (Å²) < 4.78 is 0. The number of hydrogen-bond donors (Lipinski definition) is 3. The third-order valence-corrected chi connectivity index (χ3v) is 4.92. The lowest BCUT2D eigenvalue weighted by atomic mass is 9.93. The molecule has 2 aromatic carbocycles. The molecule has 2 amide bonds. The number of unbranched alkanes of at least 4 members (excludes halogenated alkanes) is 1. The Labute approximate surface area is 170 Å². The van der Waals surface area contributed by atoms with Gasteiger partial charge in [-0.1, -0.05) is 69.2 Å². The van der Waals surface area contributed by atoms with E-state index in [4.69, 9.17) is 0 Å². The standard InChI is InChI=1S/C24H35N3O/c1-3-5-10-20-13-15-21(16-14-20)22(9-4-2)19-25-17-18-26-24(28)27-23-11-7-6-8-12-23/h6-8,11-16,22,25H,3-5,9-10,17-19H2,1-2H3,(H2,26,27,28). The molecule has 3 N–H and O–H groups in total. The molecule has 0 saturated heterocycles. The van der Waals surface area contributed by atoms with Gasteiger partial charge in [0.15, 0.2) is 0 Å². The molecule has 28 heavy (non-hydrogen) atoms. The number of urea groups is 1. The molecule has 0 heterocycles. The molecule has 0 aromatic heterocycles. The second kappa shape index (κ2) is 12.9. The topological polar surface area (TPSA) is 53.2 Å². The number of nitrogens with one attached hydrogen (secondary N) is 3. The third kappa shape index (κ3) is 8.13. The Morgan fingerprint density at radius 1 is 0.929 bits per heavy atom. The molecule has 0 saturated carbocycles. The molecule has 0 spiro atoms. The number of rotatable bonds is 12. The van der Waals surface area contributed by atoms with E-state index >= 15 is 0 Å². The van der Waals surface area contributed by atoms with Gasteiger partial charge in [-0.2, -0.15) is 0 Å². The van der Waals surface area contributed by atoms with Crippen molar-refractivity contribution in [2.75, 3.05) is 25.0 Å². The van der Waals surface area contributed by atoms with Crippen LogP contribution in [0.3, 0.4) is 0 Å². The van der Waals surface area contributed by atoms with Gasteiger partial charge < -0.3 is 16.0 Å². The maximum atomic E-state index is 11.9. The minimum absolute atomic E-state index is 0.166. The highest BCUT2D eigenvalue weighted by Crippen LogP contribution is 2.21. The SMILES string of the molecule is CCCCc1ccc(C(CCC)CNCCNC(=O)Nc2ccccc2)cc1. The van der Waals surface area contributed by atoms with Crippen LogP contribution in [0.1, 0.15) is 56.6 Å². The molecule has 0 fully saturated rings.